The summed E-state index contributed by atoms with van der Waals surface area (Å²) in [4.78, 5) is 4.29. The average Bonchev–Trinajstić information content (AvgIpc) is 2.04. The molecule has 1 aromatic rings. The number of pyridine rings is 1. The van der Waals surface area contributed by atoms with Gasteiger partial charge in [-0.05, 0) is 26.8 Å². The lowest BCUT2D eigenvalue weighted by atomic mass is 10.0. The van der Waals surface area contributed by atoms with Crippen LogP contribution in [0.3, 0.4) is 0 Å². The summed E-state index contributed by atoms with van der Waals surface area (Å²) in [6.45, 7) is 6.40. The van der Waals surface area contributed by atoms with E-state index in [0.29, 0.717) is 12.5 Å². The first-order valence-electron chi connectivity index (χ1n) is 4.43. The third kappa shape index (κ3) is 2.70. The van der Waals surface area contributed by atoms with Gasteiger partial charge in [0, 0.05) is 6.07 Å². The topological polar surface area (TPSA) is 48.1 Å². The Hall–Kier alpha value is -1.09. The number of rotatable bonds is 3. The maximum atomic E-state index is 5.90. The lowest BCUT2D eigenvalue weighted by molar-refractivity contribution is 0.323. The molecule has 13 heavy (non-hydrogen) atoms. The second-order valence-corrected chi connectivity index (χ2v) is 3.52. The van der Waals surface area contributed by atoms with Gasteiger partial charge < -0.3 is 10.5 Å². The molecule has 1 aromatic heterocycles. The zero-order chi connectivity index (χ0) is 9.90. The molecule has 0 unspecified atom stereocenters. The van der Waals surface area contributed by atoms with Gasteiger partial charge in [-0.15, -0.1) is 0 Å². The van der Waals surface area contributed by atoms with Gasteiger partial charge in [-0.3, -0.25) is 0 Å². The van der Waals surface area contributed by atoms with Gasteiger partial charge in [0.2, 0.25) is 5.88 Å². The van der Waals surface area contributed by atoms with E-state index in [2.05, 4.69) is 4.98 Å². The molecule has 1 rings (SSSR count). The Balaban J connectivity index is 2.92. The Morgan fingerprint density at radius 3 is 2.69 bits per heavy atom. The molecule has 0 saturated heterocycles. The molecule has 0 atom stereocenters. The van der Waals surface area contributed by atoms with Crippen molar-refractivity contribution in [2.45, 2.75) is 26.3 Å². The van der Waals surface area contributed by atoms with Crippen LogP contribution in [0.5, 0.6) is 5.88 Å². The van der Waals surface area contributed by atoms with Crippen LogP contribution in [-0.2, 0) is 5.54 Å². The van der Waals surface area contributed by atoms with Crippen molar-refractivity contribution in [1.82, 2.24) is 4.98 Å². The monoisotopic (exact) mass is 180 g/mol. The molecular weight excluding hydrogens is 164 g/mol. The highest BCUT2D eigenvalue weighted by Crippen LogP contribution is 2.17. The van der Waals surface area contributed by atoms with Gasteiger partial charge in [0.15, 0.2) is 0 Å². The van der Waals surface area contributed by atoms with Crippen molar-refractivity contribution in [3.05, 3.63) is 23.9 Å². The molecule has 0 aliphatic heterocycles. The van der Waals surface area contributed by atoms with Gasteiger partial charge in [-0.25, -0.2) is 4.98 Å². The Morgan fingerprint density at radius 2 is 2.15 bits per heavy atom. The number of ether oxygens (including phenoxy) is 1. The molecule has 0 saturated carbocycles. The minimum Gasteiger partial charge on any atom is -0.478 e. The molecule has 0 aliphatic rings. The molecule has 0 bridgehead atoms. The van der Waals surface area contributed by atoms with E-state index < -0.39 is 5.54 Å². The SMILES string of the molecule is CCOc1cccc(C(C)(C)N)n1. The van der Waals surface area contributed by atoms with Crippen LogP contribution < -0.4 is 10.5 Å². The molecule has 0 radical (unpaired) electrons. The van der Waals surface area contributed by atoms with E-state index in [-0.39, 0.29) is 0 Å². The summed E-state index contributed by atoms with van der Waals surface area (Å²) < 4.78 is 5.28. The summed E-state index contributed by atoms with van der Waals surface area (Å²) in [6, 6.07) is 5.64. The number of nitrogens with zero attached hydrogens (tertiary/aromatic N) is 1. The van der Waals surface area contributed by atoms with E-state index in [4.69, 9.17) is 10.5 Å². The Bertz CT molecular complexity index is 278. The lowest BCUT2D eigenvalue weighted by Crippen LogP contribution is -2.29. The molecule has 2 N–H and O–H groups in total. The zero-order valence-corrected chi connectivity index (χ0v) is 8.37. The van der Waals surface area contributed by atoms with Gasteiger partial charge in [0.05, 0.1) is 17.8 Å². The second kappa shape index (κ2) is 3.75. The summed E-state index contributed by atoms with van der Waals surface area (Å²) in [7, 11) is 0. The smallest absolute Gasteiger partial charge is 0.213 e. The fourth-order valence-electron chi connectivity index (χ4n) is 1.00. The molecule has 0 amide bonds. The van der Waals surface area contributed by atoms with Crippen molar-refractivity contribution in [1.29, 1.82) is 0 Å². The normalized spacial score (nSPS) is 11.4. The van der Waals surface area contributed by atoms with Crippen molar-refractivity contribution in [3.63, 3.8) is 0 Å². The van der Waals surface area contributed by atoms with Gasteiger partial charge in [-0.2, -0.15) is 0 Å². The first kappa shape index (κ1) is 9.99. The molecule has 3 nitrogen and oxygen atoms in total. The predicted octanol–water partition coefficient (Wildman–Crippen LogP) is 1.67. The Morgan fingerprint density at radius 1 is 1.46 bits per heavy atom. The van der Waals surface area contributed by atoms with E-state index in [1.165, 1.54) is 0 Å². The van der Waals surface area contributed by atoms with Crippen molar-refractivity contribution in [2.24, 2.45) is 5.73 Å². The van der Waals surface area contributed by atoms with Crippen molar-refractivity contribution < 1.29 is 4.74 Å². The second-order valence-electron chi connectivity index (χ2n) is 3.52. The zero-order valence-electron chi connectivity index (χ0n) is 8.37. The van der Waals surface area contributed by atoms with Crippen molar-refractivity contribution in [2.75, 3.05) is 6.61 Å². The molecule has 0 aliphatic carbocycles. The minimum atomic E-state index is -0.410. The summed E-state index contributed by atoms with van der Waals surface area (Å²) >= 11 is 0. The Labute approximate surface area is 78.9 Å². The quantitative estimate of drug-likeness (QED) is 0.769. The van der Waals surface area contributed by atoms with Crippen LogP contribution in [0.2, 0.25) is 0 Å². The van der Waals surface area contributed by atoms with Crippen LogP contribution in [0.15, 0.2) is 18.2 Å². The van der Waals surface area contributed by atoms with Gasteiger partial charge in [0.1, 0.15) is 0 Å². The fourth-order valence-corrected chi connectivity index (χ4v) is 1.00. The highest BCUT2D eigenvalue weighted by atomic mass is 16.5. The van der Waals surface area contributed by atoms with Gasteiger partial charge in [-0.1, -0.05) is 6.07 Å². The summed E-state index contributed by atoms with van der Waals surface area (Å²) in [6.07, 6.45) is 0. The van der Waals surface area contributed by atoms with Crippen LogP contribution in [0.1, 0.15) is 26.5 Å². The highest BCUT2D eigenvalue weighted by molar-refractivity contribution is 5.20. The fraction of sp³-hybridized carbons (Fsp3) is 0.500. The molecule has 1 heterocycles. The van der Waals surface area contributed by atoms with E-state index in [9.17, 15) is 0 Å². The van der Waals surface area contributed by atoms with Crippen LogP contribution in [0.4, 0.5) is 0 Å². The first-order chi connectivity index (χ1) is 6.04. The molecular formula is C10H16N2O. The van der Waals surface area contributed by atoms with Crippen LogP contribution in [0, 0.1) is 0 Å². The van der Waals surface area contributed by atoms with Crippen LogP contribution in [0.25, 0.3) is 0 Å². The van der Waals surface area contributed by atoms with E-state index in [1.54, 1.807) is 0 Å². The van der Waals surface area contributed by atoms with Gasteiger partial charge in [0.25, 0.3) is 0 Å². The molecule has 3 heteroatoms. The van der Waals surface area contributed by atoms with Crippen LogP contribution >= 0.6 is 0 Å². The standard InChI is InChI=1S/C10H16N2O/c1-4-13-9-7-5-6-8(12-9)10(2,3)11/h5-7H,4,11H2,1-3H3. The number of nitrogens with two attached hydrogens (primary N) is 1. The third-order valence-corrected chi connectivity index (χ3v) is 1.68. The maximum Gasteiger partial charge on any atom is 0.213 e. The Kier molecular flexibility index (Phi) is 2.88. The molecule has 0 fully saturated rings. The first-order valence-corrected chi connectivity index (χ1v) is 4.43. The van der Waals surface area contributed by atoms with Gasteiger partial charge >= 0.3 is 0 Å². The van der Waals surface area contributed by atoms with Crippen LogP contribution in [-0.4, -0.2) is 11.6 Å². The third-order valence-electron chi connectivity index (χ3n) is 1.68. The van der Waals surface area contributed by atoms with E-state index in [0.717, 1.165) is 5.69 Å². The number of aromatic nitrogens is 1. The highest BCUT2D eigenvalue weighted by Gasteiger charge is 2.15. The summed E-state index contributed by atoms with van der Waals surface area (Å²) in [5.41, 5.74) is 6.34. The predicted molar refractivity (Wildman–Crippen MR) is 52.6 cm³/mol. The molecule has 0 aromatic carbocycles. The van der Waals surface area contributed by atoms with E-state index in [1.807, 2.05) is 39.0 Å². The van der Waals surface area contributed by atoms with Crippen molar-refractivity contribution >= 4 is 0 Å². The molecule has 0 spiro atoms. The van der Waals surface area contributed by atoms with E-state index >= 15 is 0 Å². The number of hydrogen-bond donors (Lipinski definition) is 1. The molecule has 72 valence electrons. The summed E-state index contributed by atoms with van der Waals surface area (Å²) in [5, 5.41) is 0. The minimum absolute atomic E-state index is 0.410. The summed E-state index contributed by atoms with van der Waals surface area (Å²) in [5.74, 6) is 0.638. The maximum absolute atomic E-state index is 5.90. The number of hydrogen-bond acceptors (Lipinski definition) is 3. The lowest BCUT2D eigenvalue weighted by Gasteiger charge is -2.18. The van der Waals surface area contributed by atoms with Crippen molar-refractivity contribution in [3.8, 4) is 5.88 Å². The average molecular weight is 180 g/mol. The largest absolute Gasteiger partial charge is 0.478 e.